The van der Waals surface area contributed by atoms with Crippen LogP contribution in [0.3, 0.4) is 0 Å². The first-order valence-electron chi connectivity index (χ1n) is 5.23. The first kappa shape index (κ1) is 12.7. The number of ether oxygens (including phenoxy) is 1. The van der Waals surface area contributed by atoms with Crippen molar-refractivity contribution in [3.8, 4) is 0 Å². The normalized spacial score (nSPS) is 12.8. The minimum Gasteiger partial charge on any atom is -0.377 e. The summed E-state index contributed by atoms with van der Waals surface area (Å²) < 4.78 is 5.45. The molecule has 0 aliphatic carbocycles. The first-order valence-corrected chi connectivity index (χ1v) is 5.23. The monoisotopic (exact) mass is 185 g/mol. The van der Waals surface area contributed by atoms with E-state index in [1.807, 2.05) is 6.08 Å². The molecule has 13 heavy (non-hydrogen) atoms. The highest BCUT2D eigenvalue weighted by Crippen LogP contribution is 2.07. The Labute approximate surface area is 82.2 Å². The Bertz CT molecular complexity index is 115. The summed E-state index contributed by atoms with van der Waals surface area (Å²) >= 11 is 0. The lowest BCUT2D eigenvalue weighted by Gasteiger charge is -2.11. The van der Waals surface area contributed by atoms with Gasteiger partial charge in [0, 0.05) is 6.54 Å². The number of allylic oxidation sites excluding steroid dienone is 1. The summed E-state index contributed by atoms with van der Waals surface area (Å²) in [6.45, 7) is 7.12. The van der Waals surface area contributed by atoms with Crippen LogP contribution >= 0.6 is 0 Å². The van der Waals surface area contributed by atoms with Crippen molar-refractivity contribution < 1.29 is 4.74 Å². The lowest BCUT2D eigenvalue weighted by atomic mass is 10.1. The van der Waals surface area contributed by atoms with E-state index in [0.717, 1.165) is 12.8 Å². The van der Waals surface area contributed by atoms with Gasteiger partial charge in [-0.25, -0.2) is 0 Å². The van der Waals surface area contributed by atoms with Crippen molar-refractivity contribution in [3.63, 3.8) is 0 Å². The smallest absolute Gasteiger partial charge is 0.0592 e. The fraction of sp³-hybridized carbons (Fsp3) is 0.818. The van der Waals surface area contributed by atoms with E-state index in [2.05, 4.69) is 13.5 Å². The molecule has 1 atom stereocenters. The largest absolute Gasteiger partial charge is 0.377 e. The molecule has 0 amide bonds. The summed E-state index contributed by atoms with van der Waals surface area (Å²) in [7, 11) is 0. The molecule has 2 N–H and O–H groups in total. The van der Waals surface area contributed by atoms with Gasteiger partial charge in [0.15, 0.2) is 0 Å². The maximum absolute atomic E-state index is 5.45. The molecular formula is C11H23NO. The molecule has 78 valence electrons. The zero-order chi connectivity index (χ0) is 9.94. The van der Waals surface area contributed by atoms with Gasteiger partial charge in [0.25, 0.3) is 0 Å². The molecule has 0 aliphatic rings. The highest BCUT2D eigenvalue weighted by Gasteiger charge is 2.00. The van der Waals surface area contributed by atoms with Crippen LogP contribution in [0.4, 0.5) is 0 Å². The van der Waals surface area contributed by atoms with E-state index in [1.165, 1.54) is 19.3 Å². The predicted octanol–water partition coefficient (Wildman–Crippen LogP) is 2.49. The number of rotatable bonds is 9. The van der Waals surface area contributed by atoms with Crippen molar-refractivity contribution in [3.05, 3.63) is 12.7 Å². The minimum atomic E-state index is 0.368. The summed E-state index contributed by atoms with van der Waals surface area (Å²) in [5, 5.41) is 0. The van der Waals surface area contributed by atoms with Gasteiger partial charge in [-0.3, -0.25) is 0 Å². The molecule has 0 saturated carbocycles. The minimum absolute atomic E-state index is 0.368. The second-order valence-corrected chi connectivity index (χ2v) is 3.40. The Kier molecular flexibility index (Phi) is 9.49. The zero-order valence-corrected chi connectivity index (χ0v) is 8.80. The quantitative estimate of drug-likeness (QED) is 0.442. The topological polar surface area (TPSA) is 35.2 Å². The number of hydrogen-bond donors (Lipinski definition) is 1. The maximum atomic E-state index is 5.45. The molecule has 2 heteroatoms. The Morgan fingerprint density at radius 3 is 2.77 bits per heavy atom. The van der Waals surface area contributed by atoms with Crippen molar-refractivity contribution in [1.29, 1.82) is 0 Å². The number of nitrogens with two attached hydrogens (primary N) is 1. The van der Waals surface area contributed by atoms with Crippen LogP contribution in [0.1, 0.15) is 39.0 Å². The van der Waals surface area contributed by atoms with Crippen LogP contribution in [-0.4, -0.2) is 19.3 Å². The molecule has 0 saturated heterocycles. The fourth-order valence-corrected chi connectivity index (χ4v) is 1.25. The molecule has 0 heterocycles. The molecule has 0 aliphatic heterocycles. The number of hydrogen-bond acceptors (Lipinski definition) is 2. The second-order valence-electron chi connectivity index (χ2n) is 3.40. The molecule has 0 rings (SSSR count). The van der Waals surface area contributed by atoms with Crippen LogP contribution in [0, 0.1) is 0 Å². The van der Waals surface area contributed by atoms with Crippen LogP contribution in [0.2, 0.25) is 0 Å². The average molecular weight is 185 g/mol. The molecule has 0 aromatic carbocycles. The van der Waals surface area contributed by atoms with Crippen molar-refractivity contribution in [2.45, 2.75) is 45.1 Å². The van der Waals surface area contributed by atoms with Crippen molar-refractivity contribution >= 4 is 0 Å². The Morgan fingerprint density at radius 1 is 1.38 bits per heavy atom. The zero-order valence-electron chi connectivity index (χ0n) is 8.80. The Morgan fingerprint density at radius 2 is 2.15 bits per heavy atom. The summed E-state index contributed by atoms with van der Waals surface area (Å²) in [5.74, 6) is 0. The van der Waals surface area contributed by atoms with Crippen LogP contribution < -0.4 is 5.73 Å². The summed E-state index contributed by atoms with van der Waals surface area (Å²) in [4.78, 5) is 0. The molecule has 0 aromatic heterocycles. The molecule has 0 radical (unpaired) electrons. The van der Waals surface area contributed by atoms with E-state index >= 15 is 0 Å². The summed E-state index contributed by atoms with van der Waals surface area (Å²) in [6, 6.07) is 0. The standard InChI is InChI=1S/C11H23NO/c1-3-4-5-6-7-8-11(2)13-10-9-12/h3,11H,1,4-10,12H2,2H3. The molecule has 0 bridgehead atoms. The Hall–Kier alpha value is -0.340. The van der Waals surface area contributed by atoms with Gasteiger partial charge in [-0.15, -0.1) is 6.58 Å². The van der Waals surface area contributed by atoms with E-state index in [1.54, 1.807) is 0 Å². The summed E-state index contributed by atoms with van der Waals surface area (Å²) in [5.41, 5.74) is 5.34. The number of unbranched alkanes of at least 4 members (excludes halogenated alkanes) is 3. The van der Waals surface area contributed by atoms with Crippen LogP contribution in [-0.2, 0) is 4.74 Å². The van der Waals surface area contributed by atoms with E-state index in [0.29, 0.717) is 19.3 Å². The van der Waals surface area contributed by atoms with Crippen molar-refractivity contribution in [1.82, 2.24) is 0 Å². The van der Waals surface area contributed by atoms with E-state index in [-0.39, 0.29) is 0 Å². The highest BCUT2D eigenvalue weighted by molar-refractivity contribution is 4.65. The van der Waals surface area contributed by atoms with Gasteiger partial charge in [-0.05, 0) is 26.2 Å². The predicted molar refractivity (Wildman–Crippen MR) is 57.8 cm³/mol. The Balaban J connectivity index is 3.07. The molecular weight excluding hydrogens is 162 g/mol. The second kappa shape index (κ2) is 9.75. The van der Waals surface area contributed by atoms with E-state index in [9.17, 15) is 0 Å². The van der Waals surface area contributed by atoms with Gasteiger partial charge in [-0.1, -0.05) is 18.9 Å². The molecule has 1 unspecified atom stereocenters. The van der Waals surface area contributed by atoms with Crippen LogP contribution in [0.25, 0.3) is 0 Å². The van der Waals surface area contributed by atoms with E-state index < -0.39 is 0 Å². The lowest BCUT2D eigenvalue weighted by molar-refractivity contribution is 0.0641. The third kappa shape index (κ3) is 9.57. The third-order valence-electron chi connectivity index (χ3n) is 2.04. The first-order chi connectivity index (χ1) is 6.31. The maximum Gasteiger partial charge on any atom is 0.0592 e. The molecule has 0 aromatic rings. The molecule has 0 spiro atoms. The van der Waals surface area contributed by atoms with Crippen LogP contribution in [0.15, 0.2) is 12.7 Å². The third-order valence-corrected chi connectivity index (χ3v) is 2.04. The summed E-state index contributed by atoms with van der Waals surface area (Å²) in [6.07, 6.45) is 8.42. The van der Waals surface area contributed by atoms with Gasteiger partial charge < -0.3 is 10.5 Å². The van der Waals surface area contributed by atoms with Gasteiger partial charge >= 0.3 is 0 Å². The highest BCUT2D eigenvalue weighted by atomic mass is 16.5. The van der Waals surface area contributed by atoms with E-state index in [4.69, 9.17) is 10.5 Å². The molecule has 2 nitrogen and oxygen atoms in total. The van der Waals surface area contributed by atoms with Gasteiger partial charge in [0.1, 0.15) is 0 Å². The SMILES string of the molecule is C=CCCCCCC(C)OCCN. The lowest BCUT2D eigenvalue weighted by Crippen LogP contribution is -2.15. The fourth-order valence-electron chi connectivity index (χ4n) is 1.25. The van der Waals surface area contributed by atoms with Crippen LogP contribution in [0.5, 0.6) is 0 Å². The van der Waals surface area contributed by atoms with Gasteiger partial charge in [0.05, 0.1) is 12.7 Å². The van der Waals surface area contributed by atoms with Crippen molar-refractivity contribution in [2.24, 2.45) is 5.73 Å². The van der Waals surface area contributed by atoms with Gasteiger partial charge in [-0.2, -0.15) is 0 Å². The van der Waals surface area contributed by atoms with Gasteiger partial charge in [0.2, 0.25) is 0 Å². The molecule has 0 fully saturated rings. The van der Waals surface area contributed by atoms with Crippen molar-refractivity contribution in [2.75, 3.05) is 13.2 Å². The average Bonchev–Trinajstić information content (AvgIpc) is 2.14.